The van der Waals surface area contributed by atoms with Crippen LogP contribution >= 0.6 is 0 Å². The Bertz CT molecular complexity index is 555. The number of benzene rings is 1. The predicted octanol–water partition coefficient (Wildman–Crippen LogP) is 2.95. The molecule has 0 aromatic heterocycles. The molecule has 1 saturated heterocycles. The molecule has 124 valence electrons. The van der Waals surface area contributed by atoms with E-state index in [1.54, 1.807) is 6.07 Å². The van der Waals surface area contributed by atoms with Crippen LogP contribution in [0.3, 0.4) is 0 Å². The lowest BCUT2D eigenvalue weighted by atomic mass is 9.80. The maximum absolute atomic E-state index is 10.3. The van der Waals surface area contributed by atoms with Crippen molar-refractivity contribution >= 4 is 0 Å². The zero-order valence-corrected chi connectivity index (χ0v) is 13.7. The number of para-hydroxylation sites is 1. The molecule has 1 N–H and O–H groups in total. The number of nitrogens with zero attached hydrogens (tertiary/aromatic N) is 2. The summed E-state index contributed by atoms with van der Waals surface area (Å²) in [7, 11) is 0. The van der Waals surface area contributed by atoms with Crippen LogP contribution in [-0.2, 0) is 0 Å². The van der Waals surface area contributed by atoms with E-state index < -0.39 is 0 Å². The molecule has 4 nitrogen and oxygen atoms in total. The van der Waals surface area contributed by atoms with Gasteiger partial charge in [0.05, 0.1) is 11.7 Å². The average molecular weight is 314 g/mol. The van der Waals surface area contributed by atoms with Gasteiger partial charge < -0.3 is 9.84 Å². The molecule has 1 aliphatic heterocycles. The molecule has 1 saturated carbocycles. The molecule has 0 spiro atoms. The fourth-order valence-corrected chi connectivity index (χ4v) is 4.16. The van der Waals surface area contributed by atoms with Crippen LogP contribution < -0.4 is 4.74 Å². The number of aliphatic hydroxyl groups excluding tert-OH is 1. The lowest BCUT2D eigenvalue weighted by molar-refractivity contribution is 0.0193. The molecule has 1 aromatic carbocycles. The maximum atomic E-state index is 10.3. The predicted molar refractivity (Wildman–Crippen MR) is 89.2 cm³/mol. The third-order valence-corrected chi connectivity index (χ3v) is 5.33. The summed E-state index contributed by atoms with van der Waals surface area (Å²) in [6.45, 7) is 2.56. The molecule has 2 fully saturated rings. The van der Waals surface area contributed by atoms with Crippen LogP contribution in [0.15, 0.2) is 24.3 Å². The smallest absolute Gasteiger partial charge is 0.137 e. The van der Waals surface area contributed by atoms with Gasteiger partial charge in [-0.05, 0) is 44.4 Å². The van der Waals surface area contributed by atoms with Gasteiger partial charge in [0.15, 0.2) is 0 Å². The summed E-state index contributed by atoms with van der Waals surface area (Å²) < 4.78 is 5.83. The molecule has 0 bridgehead atoms. The quantitative estimate of drug-likeness (QED) is 0.908. The van der Waals surface area contributed by atoms with E-state index in [1.807, 2.05) is 18.2 Å². The van der Waals surface area contributed by atoms with Gasteiger partial charge in [-0.3, -0.25) is 4.90 Å². The van der Waals surface area contributed by atoms with Gasteiger partial charge in [-0.1, -0.05) is 25.0 Å². The molecule has 1 aromatic rings. The van der Waals surface area contributed by atoms with Crippen molar-refractivity contribution in [1.82, 2.24) is 4.90 Å². The van der Waals surface area contributed by atoms with E-state index in [4.69, 9.17) is 10.00 Å². The third kappa shape index (κ3) is 3.85. The zero-order valence-electron chi connectivity index (χ0n) is 13.7. The highest BCUT2D eigenvalue weighted by Gasteiger charge is 2.36. The zero-order chi connectivity index (χ0) is 16.1. The highest BCUT2D eigenvalue weighted by molar-refractivity contribution is 5.42. The van der Waals surface area contributed by atoms with Crippen LogP contribution in [0.4, 0.5) is 0 Å². The standard InChI is InChI=1S/C19H26N2O2/c20-14-15-6-1-4-10-19(15)23-13-12-21-11-5-8-17(21)16-7-2-3-9-18(16)22/h1,4,6,10,16-18,22H,2-3,5,7-9,11-13H2/t16-,17-,18+/m1/s1. The molecule has 1 aliphatic carbocycles. The van der Waals surface area contributed by atoms with Gasteiger partial charge in [-0.25, -0.2) is 0 Å². The van der Waals surface area contributed by atoms with Crippen LogP contribution in [0.2, 0.25) is 0 Å². The van der Waals surface area contributed by atoms with Crippen LogP contribution in [0.5, 0.6) is 5.75 Å². The number of aliphatic hydroxyl groups is 1. The highest BCUT2D eigenvalue weighted by Crippen LogP contribution is 2.34. The lowest BCUT2D eigenvalue weighted by Crippen LogP contribution is -2.43. The largest absolute Gasteiger partial charge is 0.491 e. The topological polar surface area (TPSA) is 56.5 Å². The second-order valence-electron chi connectivity index (χ2n) is 6.72. The third-order valence-electron chi connectivity index (χ3n) is 5.33. The SMILES string of the molecule is N#Cc1ccccc1OCCN1CCC[C@@H]1[C@H]1CCCC[C@@H]1O. The number of hydrogen-bond acceptors (Lipinski definition) is 4. The normalized spacial score (nSPS) is 28.4. The summed E-state index contributed by atoms with van der Waals surface area (Å²) in [5.74, 6) is 1.10. The van der Waals surface area contributed by atoms with Crippen LogP contribution in [0, 0.1) is 17.2 Å². The number of rotatable bonds is 5. The van der Waals surface area contributed by atoms with Crippen molar-refractivity contribution in [3.63, 3.8) is 0 Å². The van der Waals surface area contributed by atoms with Crippen LogP contribution in [0.25, 0.3) is 0 Å². The fourth-order valence-electron chi connectivity index (χ4n) is 4.16. The molecule has 0 amide bonds. The Balaban J connectivity index is 1.54. The first-order valence-electron chi connectivity index (χ1n) is 8.83. The summed E-state index contributed by atoms with van der Waals surface area (Å²) in [6.07, 6.45) is 6.80. The van der Waals surface area contributed by atoms with Gasteiger partial charge >= 0.3 is 0 Å². The molecular formula is C19H26N2O2. The summed E-state index contributed by atoms with van der Waals surface area (Å²) in [4.78, 5) is 2.48. The van der Waals surface area contributed by atoms with Crippen LogP contribution in [-0.4, -0.2) is 41.8 Å². The van der Waals surface area contributed by atoms with E-state index >= 15 is 0 Å². The van der Waals surface area contributed by atoms with Crippen molar-refractivity contribution in [3.05, 3.63) is 29.8 Å². The molecule has 2 aliphatic rings. The van der Waals surface area contributed by atoms with Crippen molar-refractivity contribution in [2.45, 2.75) is 50.7 Å². The Labute approximate surface area is 138 Å². The molecule has 3 rings (SSSR count). The van der Waals surface area contributed by atoms with Crippen LogP contribution in [0.1, 0.15) is 44.1 Å². The first kappa shape index (κ1) is 16.3. The second-order valence-corrected chi connectivity index (χ2v) is 6.72. The minimum Gasteiger partial charge on any atom is -0.491 e. The molecule has 4 heteroatoms. The molecule has 3 atom stereocenters. The van der Waals surface area contributed by atoms with Gasteiger partial charge in [-0.2, -0.15) is 5.26 Å². The summed E-state index contributed by atoms with van der Waals surface area (Å²) >= 11 is 0. The van der Waals surface area contributed by atoms with Gasteiger partial charge in [0.25, 0.3) is 0 Å². The minimum absolute atomic E-state index is 0.130. The van der Waals surface area contributed by atoms with E-state index in [0.717, 1.165) is 25.9 Å². The molecule has 23 heavy (non-hydrogen) atoms. The minimum atomic E-state index is -0.130. The first-order chi connectivity index (χ1) is 11.3. The summed E-state index contributed by atoms with van der Waals surface area (Å²) in [6, 6.07) is 10.1. The number of ether oxygens (including phenoxy) is 1. The Kier molecular flexibility index (Phi) is 5.53. The van der Waals surface area contributed by atoms with E-state index in [9.17, 15) is 5.11 Å². The van der Waals surface area contributed by atoms with Gasteiger partial charge in [-0.15, -0.1) is 0 Å². The highest BCUT2D eigenvalue weighted by atomic mass is 16.5. The number of nitriles is 1. The van der Waals surface area contributed by atoms with Gasteiger partial charge in [0, 0.05) is 18.5 Å². The van der Waals surface area contributed by atoms with Crippen molar-refractivity contribution in [3.8, 4) is 11.8 Å². The monoisotopic (exact) mass is 314 g/mol. The Hall–Kier alpha value is -1.57. The van der Waals surface area contributed by atoms with Crippen molar-refractivity contribution < 1.29 is 9.84 Å². The van der Waals surface area contributed by atoms with E-state index in [-0.39, 0.29) is 6.10 Å². The van der Waals surface area contributed by atoms with Gasteiger partial charge in [0.2, 0.25) is 0 Å². The number of likely N-dealkylation sites (tertiary alicyclic amines) is 1. The van der Waals surface area contributed by atoms with E-state index in [2.05, 4.69) is 11.0 Å². The lowest BCUT2D eigenvalue weighted by Gasteiger charge is -2.37. The second kappa shape index (κ2) is 7.81. The van der Waals surface area contributed by atoms with Crippen molar-refractivity contribution in [2.24, 2.45) is 5.92 Å². The molecular weight excluding hydrogens is 288 g/mol. The number of hydrogen-bond donors (Lipinski definition) is 1. The van der Waals surface area contributed by atoms with Crippen molar-refractivity contribution in [1.29, 1.82) is 5.26 Å². The average Bonchev–Trinajstić information content (AvgIpc) is 3.04. The Morgan fingerprint density at radius 3 is 2.83 bits per heavy atom. The Morgan fingerprint density at radius 2 is 2.00 bits per heavy atom. The Morgan fingerprint density at radius 1 is 1.17 bits per heavy atom. The fraction of sp³-hybridized carbons (Fsp3) is 0.632. The molecule has 0 radical (unpaired) electrons. The summed E-state index contributed by atoms with van der Waals surface area (Å²) in [5, 5.41) is 19.4. The van der Waals surface area contributed by atoms with Gasteiger partial charge in [0.1, 0.15) is 18.4 Å². The van der Waals surface area contributed by atoms with E-state index in [0.29, 0.717) is 29.9 Å². The molecule has 0 unspecified atom stereocenters. The first-order valence-corrected chi connectivity index (χ1v) is 8.83. The summed E-state index contributed by atoms with van der Waals surface area (Å²) in [5.41, 5.74) is 0.591. The van der Waals surface area contributed by atoms with Crippen molar-refractivity contribution in [2.75, 3.05) is 19.7 Å². The van der Waals surface area contributed by atoms with E-state index in [1.165, 1.54) is 25.7 Å². The molecule has 1 heterocycles. The maximum Gasteiger partial charge on any atom is 0.137 e.